The number of aliphatic hydroxyl groups excluding tert-OH is 1. The van der Waals surface area contributed by atoms with Gasteiger partial charge in [0.05, 0.1) is 4.92 Å². The minimum absolute atomic E-state index is 0.137. The minimum Gasteiger partial charge on any atom is -0.396 e. The normalized spacial score (nSPS) is 8.46. The van der Waals surface area contributed by atoms with Crippen molar-refractivity contribution in [2.45, 2.75) is 13.3 Å². The standard InChI is InChI=1S/C6H5NO2.C3H8O/c8-7(9)6-4-2-1-3-5-6;1-2-3-4/h1-5H;4H,2-3H2,1H3. The number of hydrogen-bond acceptors (Lipinski definition) is 3. The molecule has 0 heterocycles. The molecule has 0 aliphatic rings. The summed E-state index contributed by atoms with van der Waals surface area (Å²) < 4.78 is 0. The van der Waals surface area contributed by atoms with Gasteiger partial charge >= 0.3 is 0 Å². The van der Waals surface area contributed by atoms with Crippen LogP contribution >= 0.6 is 0 Å². The number of rotatable bonds is 2. The highest BCUT2D eigenvalue weighted by atomic mass is 16.6. The first kappa shape index (κ1) is 11.6. The quantitative estimate of drug-likeness (QED) is 0.563. The summed E-state index contributed by atoms with van der Waals surface area (Å²) >= 11 is 0. The van der Waals surface area contributed by atoms with Crippen molar-refractivity contribution < 1.29 is 10.0 Å². The van der Waals surface area contributed by atoms with Crippen molar-refractivity contribution in [3.63, 3.8) is 0 Å². The Hall–Kier alpha value is -1.42. The third kappa shape index (κ3) is 5.81. The predicted octanol–water partition coefficient (Wildman–Crippen LogP) is 1.98. The van der Waals surface area contributed by atoms with Crippen LogP contribution in [0, 0.1) is 10.1 Å². The molecule has 4 nitrogen and oxygen atoms in total. The molecule has 13 heavy (non-hydrogen) atoms. The van der Waals surface area contributed by atoms with E-state index in [2.05, 4.69) is 0 Å². The van der Waals surface area contributed by atoms with Crippen molar-refractivity contribution in [3.05, 3.63) is 40.4 Å². The maximum Gasteiger partial charge on any atom is 0.269 e. The lowest BCUT2D eigenvalue weighted by Gasteiger charge is -1.85. The van der Waals surface area contributed by atoms with E-state index in [0.29, 0.717) is 6.61 Å². The molecule has 0 aliphatic heterocycles. The third-order valence-electron chi connectivity index (χ3n) is 1.19. The lowest BCUT2D eigenvalue weighted by atomic mass is 10.3. The molecule has 1 rings (SSSR count). The van der Waals surface area contributed by atoms with Gasteiger partial charge < -0.3 is 5.11 Å². The first-order valence-electron chi connectivity index (χ1n) is 4.02. The summed E-state index contributed by atoms with van der Waals surface area (Å²) in [6, 6.07) is 7.93. The van der Waals surface area contributed by atoms with Crippen LogP contribution in [-0.2, 0) is 0 Å². The molecule has 4 heteroatoms. The van der Waals surface area contributed by atoms with Gasteiger partial charge in [-0.3, -0.25) is 10.1 Å². The fourth-order valence-corrected chi connectivity index (χ4v) is 0.550. The van der Waals surface area contributed by atoms with Crippen LogP contribution in [0.1, 0.15) is 13.3 Å². The third-order valence-corrected chi connectivity index (χ3v) is 1.19. The number of hydrogen-bond donors (Lipinski definition) is 1. The van der Waals surface area contributed by atoms with Gasteiger partial charge in [-0.05, 0) is 6.42 Å². The summed E-state index contributed by atoms with van der Waals surface area (Å²) in [5.41, 5.74) is 0.137. The zero-order chi connectivity index (χ0) is 10.1. The van der Waals surface area contributed by atoms with E-state index in [4.69, 9.17) is 5.11 Å². The van der Waals surface area contributed by atoms with E-state index in [0.717, 1.165) is 6.42 Å². The highest BCUT2D eigenvalue weighted by Crippen LogP contribution is 2.06. The summed E-state index contributed by atoms with van der Waals surface area (Å²) in [4.78, 5) is 9.59. The Morgan fingerprint density at radius 3 is 2.08 bits per heavy atom. The molecule has 0 saturated carbocycles. The molecule has 72 valence electrons. The number of non-ortho nitro benzene ring substituents is 1. The topological polar surface area (TPSA) is 63.4 Å². The SMILES string of the molecule is CCCO.O=[N+]([O-])c1ccccc1. The smallest absolute Gasteiger partial charge is 0.269 e. The molecule has 0 aromatic heterocycles. The molecule has 1 N–H and O–H groups in total. The van der Waals surface area contributed by atoms with Gasteiger partial charge in [-0.25, -0.2) is 0 Å². The molecule has 0 radical (unpaired) electrons. The van der Waals surface area contributed by atoms with Crippen LogP contribution in [0.25, 0.3) is 0 Å². The number of nitro groups is 1. The largest absolute Gasteiger partial charge is 0.396 e. The Bertz CT molecular complexity index is 234. The fraction of sp³-hybridized carbons (Fsp3) is 0.333. The molecule has 1 aromatic rings. The second kappa shape index (κ2) is 7.24. The van der Waals surface area contributed by atoms with Crippen molar-refractivity contribution in [3.8, 4) is 0 Å². The maximum atomic E-state index is 10.0. The maximum absolute atomic E-state index is 10.0. The van der Waals surface area contributed by atoms with Crippen molar-refractivity contribution >= 4 is 5.69 Å². The Morgan fingerprint density at radius 1 is 1.38 bits per heavy atom. The van der Waals surface area contributed by atoms with E-state index < -0.39 is 4.92 Å². The zero-order valence-electron chi connectivity index (χ0n) is 7.51. The molecule has 0 saturated heterocycles. The second-order valence-corrected chi connectivity index (χ2v) is 2.32. The summed E-state index contributed by atoms with van der Waals surface area (Å²) in [6.07, 6.45) is 0.875. The van der Waals surface area contributed by atoms with Gasteiger partial charge in [0.1, 0.15) is 0 Å². The van der Waals surface area contributed by atoms with E-state index in [1.807, 2.05) is 6.92 Å². The average molecular weight is 183 g/mol. The molecule has 0 fully saturated rings. The lowest BCUT2D eigenvalue weighted by molar-refractivity contribution is -0.384. The Labute approximate surface area is 77.0 Å². The number of para-hydroxylation sites is 1. The van der Waals surface area contributed by atoms with Crippen LogP contribution in [-0.4, -0.2) is 16.6 Å². The molecule has 0 bridgehead atoms. The molecule has 0 aliphatic carbocycles. The van der Waals surface area contributed by atoms with Crippen molar-refractivity contribution in [2.75, 3.05) is 6.61 Å². The van der Waals surface area contributed by atoms with Gasteiger partial charge in [0, 0.05) is 18.7 Å². The molecular weight excluding hydrogens is 170 g/mol. The van der Waals surface area contributed by atoms with Crippen molar-refractivity contribution in [2.24, 2.45) is 0 Å². The number of nitro benzene ring substituents is 1. The molecule has 0 spiro atoms. The average Bonchev–Trinajstić information content (AvgIpc) is 2.19. The van der Waals surface area contributed by atoms with Crippen LogP contribution in [0.3, 0.4) is 0 Å². The van der Waals surface area contributed by atoms with Gasteiger partial charge in [-0.15, -0.1) is 0 Å². The fourth-order valence-electron chi connectivity index (χ4n) is 0.550. The number of aliphatic hydroxyl groups is 1. The van der Waals surface area contributed by atoms with Gasteiger partial charge in [0.15, 0.2) is 0 Å². The summed E-state index contributed by atoms with van der Waals surface area (Å²) in [6.45, 7) is 2.25. The van der Waals surface area contributed by atoms with Crippen molar-refractivity contribution in [1.82, 2.24) is 0 Å². The van der Waals surface area contributed by atoms with E-state index >= 15 is 0 Å². The summed E-state index contributed by atoms with van der Waals surface area (Å²) in [5, 5.41) is 17.9. The molecule has 0 atom stereocenters. The van der Waals surface area contributed by atoms with E-state index in [1.54, 1.807) is 18.2 Å². The summed E-state index contributed by atoms with van der Waals surface area (Å²) in [5.74, 6) is 0. The second-order valence-electron chi connectivity index (χ2n) is 2.32. The van der Waals surface area contributed by atoms with Crippen LogP contribution in [0.4, 0.5) is 5.69 Å². The first-order chi connectivity index (χ1) is 6.22. The van der Waals surface area contributed by atoms with Crippen molar-refractivity contribution in [1.29, 1.82) is 0 Å². The Kier molecular flexibility index (Phi) is 6.45. The molecular formula is C9H13NO3. The van der Waals surface area contributed by atoms with Gasteiger partial charge in [-0.1, -0.05) is 25.1 Å². The monoisotopic (exact) mass is 183 g/mol. The summed E-state index contributed by atoms with van der Waals surface area (Å²) in [7, 11) is 0. The highest BCUT2D eigenvalue weighted by molar-refractivity contribution is 5.27. The minimum atomic E-state index is -0.417. The van der Waals surface area contributed by atoms with Crippen LogP contribution < -0.4 is 0 Å². The molecule has 0 amide bonds. The van der Waals surface area contributed by atoms with Gasteiger partial charge in [-0.2, -0.15) is 0 Å². The molecule has 1 aromatic carbocycles. The van der Waals surface area contributed by atoms with Crippen LogP contribution in [0.5, 0.6) is 0 Å². The van der Waals surface area contributed by atoms with Gasteiger partial charge in [0.2, 0.25) is 0 Å². The van der Waals surface area contributed by atoms with E-state index in [9.17, 15) is 10.1 Å². The van der Waals surface area contributed by atoms with Gasteiger partial charge in [0.25, 0.3) is 5.69 Å². The number of nitrogens with zero attached hydrogens (tertiary/aromatic N) is 1. The van der Waals surface area contributed by atoms with Crippen LogP contribution in [0.2, 0.25) is 0 Å². The lowest BCUT2D eigenvalue weighted by Crippen LogP contribution is -1.84. The molecule has 0 unspecified atom stereocenters. The van der Waals surface area contributed by atoms with E-state index in [1.165, 1.54) is 12.1 Å². The highest BCUT2D eigenvalue weighted by Gasteiger charge is 1.98. The first-order valence-corrected chi connectivity index (χ1v) is 4.02. The predicted molar refractivity (Wildman–Crippen MR) is 50.5 cm³/mol. The zero-order valence-corrected chi connectivity index (χ0v) is 7.51. The Morgan fingerprint density at radius 2 is 1.85 bits per heavy atom. The van der Waals surface area contributed by atoms with Crippen LogP contribution in [0.15, 0.2) is 30.3 Å². The van der Waals surface area contributed by atoms with E-state index in [-0.39, 0.29) is 5.69 Å². The Balaban J connectivity index is 0.000000310. The number of benzene rings is 1.